The fourth-order valence-corrected chi connectivity index (χ4v) is 1.74. The van der Waals surface area contributed by atoms with Crippen LogP contribution in [-0.2, 0) is 6.54 Å². The smallest absolute Gasteiger partial charge is 0.152 e. The number of benzene rings is 2. The second kappa shape index (κ2) is 5.31. The Labute approximate surface area is 107 Å². The molecule has 1 nitrogen and oxygen atoms in total. The Kier molecular flexibility index (Phi) is 3.77. The standard InChI is InChI=1S/C13H9ClF3N/c14-10-4-2-1-3-8(10)7-18-13-11(16)5-9(15)6-12(13)17/h1-6,18H,7H2. The number of rotatable bonds is 3. The molecule has 2 aromatic rings. The van der Waals surface area contributed by atoms with Crippen LogP contribution in [-0.4, -0.2) is 0 Å². The first-order valence-corrected chi connectivity index (χ1v) is 5.57. The van der Waals surface area contributed by atoms with Gasteiger partial charge in [-0.3, -0.25) is 0 Å². The van der Waals surface area contributed by atoms with Crippen LogP contribution in [0.3, 0.4) is 0 Å². The molecule has 0 spiro atoms. The molecule has 0 aliphatic rings. The molecule has 5 heteroatoms. The first-order chi connectivity index (χ1) is 8.58. The molecule has 1 N–H and O–H groups in total. The van der Waals surface area contributed by atoms with Crippen molar-refractivity contribution in [2.75, 3.05) is 5.32 Å². The molecule has 0 saturated carbocycles. The van der Waals surface area contributed by atoms with Crippen molar-refractivity contribution in [3.8, 4) is 0 Å². The lowest BCUT2D eigenvalue weighted by atomic mass is 10.2. The summed E-state index contributed by atoms with van der Waals surface area (Å²) in [4.78, 5) is 0. The molecule has 0 unspecified atom stereocenters. The van der Waals surface area contributed by atoms with Crippen molar-refractivity contribution in [1.82, 2.24) is 0 Å². The van der Waals surface area contributed by atoms with Crippen LogP contribution in [0.25, 0.3) is 0 Å². The summed E-state index contributed by atoms with van der Waals surface area (Å²) >= 11 is 5.91. The number of hydrogen-bond donors (Lipinski definition) is 1. The van der Waals surface area contributed by atoms with Gasteiger partial charge in [0.2, 0.25) is 0 Å². The van der Waals surface area contributed by atoms with Gasteiger partial charge < -0.3 is 5.32 Å². The summed E-state index contributed by atoms with van der Waals surface area (Å²) < 4.78 is 39.4. The predicted molar refractivity (Wildman–Crippen MR) is 65.1 cm³/mol. The van der Waals surface area contributed by atoms with Gasteiger partial charge in [-0.2, -0.15) is 0 Å². The van der Waals surface area contributed by atoms with Crippen LogP contribution in [0, 0.1) is 17.5 Å². The highest BCUT2D eigenvalue weighted by Gasteiger charge is 2.11. The van der Waals surface area contributed by atoms with Crippen LogP contribution in [0.15, 0.2) is 36.4 Å². The first kappa shape index (κ1) is 12.8. The van der Waals surface area contributed by atoms with Crippen molar-refractivity contribution < 1.29 is 13.2 Å². The van der Waals surface area contributed by atoms with Gasteiger partial charge in [-0.25, -0.2) is 13.2 Å². The summed E-state index contributed by atoms with van der Waals surface area (Å²) in [6.07, 6.45) is 0. The number of hydrogen-bond acceptors (Lipinski definition) is 1. The van der Waals surface area contributed by atoms with Crippen molar-refractivity contribution in [1.29, 1.82) is 0 Å². The van der Waals surface area contributed by atoms with Crippen LogP contribution in [0.2, 0.25) is 5.02 Å². The molecule has 94 valence electrons. The Morgan fingerprint density at radius 2 is 1.61 bits per heavy atom. The van der Waals surface area contributed by atoms with E-state index in [-0.39, 0.29) is 12.2 Å². The fourth-order valence-electron chi connectivity index (χ4n) is 1.54. The van der Waals surface area contributed by atoms with Gasteiger partial charge in [0.1, 0.15) is 11.5 Å². The summed E-state index contributed by atoms with van der Waals surface area (Å²) in [5, 5.41) is 3.06. The van der Waals surface area contributed by atoms with E-state index < -0.39 is 17.5 Å². The predicted octanol–water partition coefficient (Wildman–Crippen LogP) is 4.37. The summed E-state index contributed by atoms with van der Waals surface area (Å²) in [5.74, 6) is -2.90. The van der Waals surface area contributed by atoms with Gasteiger partial charge in [0.05, 0.1) is 0 Å². The van der Waals surface area contributed by atoms with Gasteiger partial charge in [-0.05, 0) is 11.6 Å². The van der Waals surface area contributed by atoms with Crippen molar-refractivity contribution in [2.45, 2.75) is 6.54 Å². The number of halogens is 4. The van der Waals surface area contributed by atoms with E-state index in [0.717, 1.165) is 0 Å². The molecule has 0 heterocycles. The molecule has 18 heavy (non-hydrogen) atoms. The van der Waals surface area contributed by atoms with Gasteiger partial charge in [0.25, 0.3) is 0 Å². The van der Waals surface area contributed by atoms with Gasteiger partial charge in [0.15, 0.2) is 11.6 Å². The average molecular weight is 272 g/mol. The van der Waals surface area contributed by atoms with Crippen LogP contribution < -0.4 is 5.32 Å². The Morgan fingerprint density at radius 1 is 1.00 bits per heavy atom. The Morgan fingerprint density at radius 3 is 2.22 bits per heavy atom. The van der Waals surface area contributed by atoms with Crippen molar-refractivity contribution in [3.63, 3.8) is 0 Å². The molecule has 2 aromatic carbocycles. The molecular weight excluding hydrogens is 263 g/mol. The SMILES string of the molecule is Fc1cc(F)c(NCc2ccccc2Cl)c(F)c1. The summed E-state index contributed by atoms with van der Waals surface area (Å²) in [6, 6.07) is 8.17. The Balaban J connectivity index is 2.19. The molecule has 0 atom stereocenters. The second-order valence-corrected chi connectivity index (χ2v) is 4.10. The normalized spacial score (nSPS) is 10.4. The number of anilines is 1. The molecule has 0 radical (unpaired) electrons. The monoisotopic (exact) mass is 271 g/mol. The Bertz CT molecular complexity index is 549. The van der Waals surface area contributed by atoms with E-state index in [1.807, 2.05) is 0 Å². The van der Waals surface area contributed by atoms with E-state index in [0.29, 0.717) is 22.7 Å². The third kappa shape index (κ3) is 2.76. The van der Waals surface area contributed by atoms with E-state index in [1.165, 1.54) is 0 Å². The summed E-state index contributed by atoms with van der Waals surface area (Å²) in [6.45, 7) is 0.152. The molecule has 0 aromatic heterocycles. The van der Waals surface area contributed by atoms with Crippen LogP contribution in [0.1, 0.15) is 5.56 Å². The van der Waals surface area contributed by atoms with Gasteiger partial charge in [-0.1, -0.05) is 29.8 Å². The average Bonchev–Trinajstić information content (AvgIpc) is 2.30. The third-order valence-corrected chi connectivity index (χ3v) is 2.79. The van der Waals surface area contributed by atoms with Gasteiger partial charge in [-0.15, -0.1) is 0 Å². The van der Waals surface area contributed by atoms with Gasteiger partial charge in [0, 0.05) is 23.7 Å². The largest absolute Gasteiger partial charge is 0.376 e. The minimum Gasteiger partial charge on any atom is -0.376 e. The van der Waals surface area contributed by atoms with E-state index in [4.69, 9.17) is 11.6 Å². The van der Waals surface area contributed by atoms with Crippen LogP contribution in [0.4, 0.5) is 18.9 Å². The maximum atomic E-state index is 13.3. The van der Waals surface area contributed by atoms with Crippen LogP contribution >= 0.6 is 11.6 Å². The Hall–Kier alpha value is -1.68. The molecule has 0 saturated heterocycles. The van der Waals surface area contributed by atoms with E-state index in [1.54, 1.807) is 24.3 Å². The van der Waals surface area contributed by atoms with E-state index in [2.05, 4.69) is 5.32 Å². The third-order valence-electron chi connectivity index (χ3n) is 2.42. The highest BCUT2D eigenvalue weighted by atomic mass is 35.5. The zero-order valence-corrected chi connectivity index (χ0v) is 9.94. The maximum absolute atomic E-state index is 13.3. The number of nitrogens with one attached hydrogen (secondary N) is 1. The minimum atomic E-state index is -0.973. The van der Waals surface area contributed by atoms with E-state index in [9.17, 15) is 13.2 Å². The maximum Gasteiger partial charge on any atom is 0.152 e. The zero-order chi connectivity index (χ0) is 13.1. The topological polar surface area (TPSA) is 12.0 Å². The van der Waals surface area contributed by atoms with Crippen LogP contribution in [0.5, 0.6) is 0 Å². The lowest BCUT2D eigenvalue weighted by Gasteiger charge is -2.10. The molecule has 0 aliphatic heterocycles. The molecule has 0 aliphatic carbocycles. The highest BCUT2D eigenvalue weighted by molar-refractivity contribution is 6.31. The lowest BCUT2D eigenvalue weighted by molar-refractivity contribution is 0.547. The van der Waals surface area contributed by atoms with Crippen molar-refractivity contribution in [3.05, 3.63) is 64.4 Å². The van der Waals surface area contributed by atoms with E-state index >= 15 is 0 Å². The minimum absolute atomic E-state index is 0.152. The van der Waals surface area contributed by atoms with Crippen molar-refractivity contribution >= 4 is 17.3 Å². The highest BCUT2D eigenvalue weighted by Crippen LogP contribution is 2.22. The quantitative estimate of drug-likeness (QED) is 0.874. The summed E-state index contributed by atoms with van der Waals surface area (Å²) in [5.41, 5.74) is 0.332. The molecule has 0 fully saturated rings. The first-order valence-electron chi connectivity index (χ1n) is 5.20. The van der Waals surface area contributed by atoms with Gasteiger partial charge >= 0.3 is 0 Å². The zero-order valence-electron chi connectivity index (χ0n) is 9.18. The fraction of sp³-hybridized carbons (Fsp3) is 0.0769. The lowest BCUT2D eigenvalue weighted by Crippen LogP contribution is -2.04. The molecule has 2 rings (SSSR count). The van der Waals surface area contributed by atoms with Crippen molar-refractivity contribution in [2.24, 2.45) is 0 Å². The molecule has 0 amide bonds. The second-order valence-electron chi connectivity index (χ2n) is 3.69. The molecule has 0 bridgehead atoms. The molecular formula is C13H9ClF3N. The summed E-state index contributed by atoms with van der Waals surface area (Å²) in [7, 11) is 0.